The summed E-state index contributed by atoms with van der Waals surface area (Å²) in [7, 11) is 0. The van der Waals surface area contributed by atoms with E-state index in [9.17, 15) is 14.9 Å². The number of aromatic nitrogens is 5. The predicted octanol–water partition coefficient (Wildman–Crippen LogP) is 2.33. The molecule has 0 radical (unpaired) electrons. The Morgan fingerprint density at radius 2 is 2.18 bits per heavy atom. The van der Waals surface area contributed by atoms with Crippen LogP contribution in [0.2, 0.25) is 5.02 Å². The lowest BCUT2D eigenvalue weighted by atomic mass is 9.97. The molecule has 5 rings (SSSR count). The van der Waals surface area contributed by atoms with Crippen molar-refractivity contribution < 1.29 is 9.59 Å². The second kappa shape index (κ2) is 8.01. The van der Waals surface area contributed by atoms with Gasteiger partial charge in [-0.2, -0.15) is 25.8 Å². The fraction of sp³-hybridized carbons (Fsp3) is 0.364. The van der Waals surface area contributed by atoms with E-state index in [1.54, 1.807) is 32.8 Å². The lowest BCUT2D eigenvalue weighted by molar-refractivity contribution is 0.0602. The summed E-state index contributed by atoms with van der Waals surface area (Å²) in [5.74, 6) is -0.344. The Balaban J connectivity index is 1.46. The highest BCUT2D eigenvalue weighted by atomic mass is 35.5. The molecule has 1 aromatic carbocycles. The standard InChI is InChI=1S/C22H21ClN8O2/c1-12-7-18-16(11-30(12)21(32)14-3-4-17(23)15(8-14)9-24)20-22(33)29(5-6-31(20)27-18)13(2)19-10-25-28-26-19/h3-4,8,10,12-13H,5-7,11H2,1-2H3,(H,25,26,28)/t12-,13-/m1/s1. The molecule has 0 saturated carbocycles. The third-order valence-corrected chi connectivity index (χ3v) is 6.75. The summed E-state index contributed by atoms with van der Waals surface area (Å²) in [5, 5.41) is 24.8. The molecule has 3 aromatic rings. The molecule has 0 aliphatic carbocycles. The van der Waals surface area contributed by atoms with Crippen molar-refractivity contribution in [2.24, 2.45) is 0 Å². The van der Waals surface area contributed by atoms with Crippen LogP contribution in [0.15, 0.2) is 24.4 Å². The van der Waals surface area contributed by atoms with E-state index < -0.39 is 0 Å². The molecule has 0 spiro atoms. The monoisotopic (exact) mass is 464 g/mol. The van der Waals surface area contributed by atoms with E-state index >= 15 is 0 Å². The molecule has 0 saturated heterocycles. The molecule has 4 heterocycles. The van der Waals surface area contributed by atoms with Gasteiger partial charge in [-0.05, 0) is 32.0 Å². The summed E-state index contributed by atoms with van der Waals surface area (Å²) in [4.78, 5) is 30.3. The van der Waals surface area contributed by atoms with E-state index in [2.05, 4.69) is 15.4 Å². The van der Waals surface area contributed by atoms with Crippen LogP contribution in [-0.4, -0.2) is 59.4 Å². The zero-order valence-electron chi connectivity index (χ0n) is 18.1. The number of H-pyrrole nitrogens is 1. The number of hydrogen-bond donors (Lipinski definition) is 1. The first-order chi connectivity index (χ1) is 15.9. The van der Waals surface area contributed by atoms with Gasteiger partial charge in [0.1, 0.15) is 17.5 Å². The van der Waals surface area contributed by atoms with Gasteiger partial charge in [-0.3, -0.25) is 14.3 Å². The number of hydrogen-bond acceptors (Lipinski definition) is 6. The van der Waals surface area contributed by atoms with Crippen molar-refractivity contribution in [3.05, 3.63) is 63.2 Å². The topological polar surface area (TPSA) is 124 Å². The smallest absolute Gasteiger partial charge is 0.273 e. The molecule has 10 nitrogen and oxygen atoms in total. The molecular formula is C22H21ClN8O2. The van der Waals surface area contributed by atoms with Crippen molar-refractivity contribution in [1.29, 1.82) is 5.26 Å². The van der Waals surface area contributed by atoms with Gasteiger partial charge in [0.15, 0.2) is 0 Å². The van der Waals surface area contributed by atoms with Crippen molar-refractivity contribution in [1.82, 2.24) is 35.0 Å². The number of amides is 2. The van der Waals surface area contributed by atoms with E-state index in [0.717, 1.165) is 11.3 Å². The molecule has 2 aliphatic rings. The second-order valence-corrected chi connectivity index (χ2v) is 8.77. The maximum absolute atomic E-state index is 13.5. The maximum atomic E-state index is 13.5. The van der Waals surface area contributed by atoms with Gasteiger partial charge in [-0.25, -0.2) is 0 Å². The molecule has 2 amide bonds. The Hall–Kier alpha value is -3.71. The van der Waals surface area contributed by atoms with Gasteiger partial charge in [0.2, 0.25) is 0 Å². The van der Waals surface area contributed by atoms with Gasteiger partial charge >= 0.3 is 0 Å². The lowest BCUT2D eigenvalue weighted by Gasteiger charge is -2.35. The average Bonchev–Trinajstić information content (AvgIpc) is 3.46. The number of carbonyl (C=O) groups is 2. The predicted molar refractivity (Wildman–Crippen MR) is 117 cm³/mol. The number of aromatic amines is 1. The van der Waals surface area contributed by atoms with Crippen LogP contribution in [0, 0.1) is 11.3 Å². The SMILES string of the molecule is C[C@@H]1Cc2nn3c(c2CN1C(=O)c1ccc(Cl)c(C#N)c1)C(=O)N([C@H](C)c1cn[nH]n1)CC3. The van der Waals surface area contributed by atoms with E-state index in [1.165, 1.54) is 6.07 Å². The van der Waals surface area contributed by atoms with Gasteiger partial charge in [0.05, 0.1) is 41.6 Å². The molecule has 2 aliphatic heterocycles. The Kier molecular flexibility index (Phi) is 5.13. The molecular weight excluding hydrogens is 444 g/mol. The van der Waals surface area contributed by atoms with Crippen molar-refractivity contribution in [3.63, 3.8) is 0 Å². The summed E-state index contributed by atoms with van der Waals surface area (Å²) in [5.41, 5.74) is 3.47. The van der Waals surface area contributed by atoms with Crippen LogP contribution in [0.5, 0.6) is 0 Å². The summed E-state index contributed by atoms with van der Waals surface area (Å²) in [6.07, 6.45) is 2.16. The summed E-state index contributed by atoms with van der Waals surface area (Å²) in [6.45, 7) is 5.23. The number of benzene rings is 1. The van der Waals surface area contributed by atoms with Crippen molar-refractivity contribution in [2.75, 3.05) is 6.54 Å². The van der Waals surface area contributed by atoms with Gasteiger partial charge < -0.3 is 9.80 Å². The van der Waals surface area contributed by atoms with Gasteiger partial charge in [0, 0.05) is 30.1 Å². The van der Waals surface area contributed by atoms with Crippen molar-refractivity contribution in [3.8, 4) is 6.07 Å². The molecule has 0 unspecified atom stereocenters. The van der Waals surface area contributed by atoms with Crippen LogP contribution in [0.4, 0.5) is 0 Å². The van der Waals surface area contributed by atoms with E-state index in [1.807, 2.05) is 19.9 Å². The Morgan fingerprint density at radius 1 is 1.36 bits per heavy atom. The number of nitrogens with zero attached hydrogens (tertiary/aromatic N) is 7. The van der Waals surface area contributed by atoms with Gasteiger partial charge in [-0.1, -0.05) is 11.6 Å². The minimum atomic E-state index is -0.241. The van der Waals surface area contributed by atoms with E-state index in [0.29, 0.717) is 41.5 Å². The maximum Gasteiger partial charge on any atom is 0.273 e. The zero-order valence-corrected chi connectivity index (χ0v) is 18.9. The summed E-state index contributed by atoms with van der Waals surface area (Å²) < 4.78 is 1.76. The number of carbonyl (C=O) groups excluding carboxylic acids is 2. The second-order valence-electron chi connectivity index (χ2n) is 8.36. The quantitative estimate of drug-likeness (QED) is 0.634. The third kappa shape index (κ3) is 3.45. The van der Waals surface area contributed by atoms with Crippen LogP contribution < -0.4 is 0 Å². The largest absolute Gasteiger partial charge is 0.331 e. The highest BCUT2D eigenvalue weighted by Gasteiger charge is 2.38. The van der Waals surface area contributed by atoms with Crippen molar-refractivity contribution >= 4 is 23.4 Å². The zero-order chi connectivity index (χ0) is 23.3. The molecule has 1 N–H and O–H groups in total. The van der Waals surface area contributed by atoms with Crippen LogP contribution in [0.25, 0.3) is 0 Å². The fourth-order valence-electron chi connectivity index (χ4n) is 4.56. The minimum Gasteiger partial charge on any atom is -0.331 e. The van der Waals surface area contributed by atoms with Gasteiger partial charge in [0.25, 0.3) is 11.8 Å². The Morgan fingerprint density at radius 3 is 2.91 bits per heavy atom. The molecule has 11 heteroatoms. The van der Waals surface area contributed by atoms with Crippen LogP contribution in [0.1, 0.15) is 63.3 Å². The first kappa shape index (κ1) is 21.2. The number of halogens is 1. The Bertz CT molecular complexity index is 1290. The third-order valence-electron chi connectivity index (χ3n) is 6.42. The number of nitriles is 1. The summed E-state index contributed by atoms with van der Waals surface area (Å²) >= 11 is 6.03. The summed E-state index contributed by atoms with van der Waals surface area (Å²) in [6, 6.07) is 6.35. The van der Waals surface area contributed by atoms with E-state index in [4.69, 9.17) is 16.7 Å². The normalized spacial score (nSPS) is 18.5. The average molecular weight is 465 g/mol. The molecule has 33 heavy (non-hydrogen) atoms. The molecule has 168 valence electrons. The molecule has 0 fully saturated rings. The Labute approximate surface area is 194 Å². The van der Waals surface area contributed by atoms with Crippen molar-refractivity contribution in [2.45, 2.75) is 45.4 Å². The minimum absolute atomic E-state index is 0.108. The first-order valence-corrected chi connectivity index (χ1v) is 11.0. The number of rotatable bonds is 3. The molecule has 2 aromatic heterocycles. The highest BCUT2D eigenvalue weighted by molar-refractivity contribution is 6.31. The fourth-order valence-corrected chi connectivity index (χ4v) is 4.72. The molecule has 0 bridgehead atoms. The highest BCUT2D eigenvalue weighted by Crippen LogP contribution is 2.32. The van der Waals surface area contributed by atoms with E-state index in [-0.39, 0.29) is 36.0 Å². The first-order valence-electron chi connectivity index (χ1n) is 10.6. The lowest BCUT2D eigenvalue weighted by Crippen LogP contribution is -2.44. The number of nitrogens with one attached hydrogen (secondary N) is 1. The molecule has 2 atom stereocenters. The van der Waals surface area contributed by atoms with Crippen LogP contribution >= 0.6 is 11.6 Å². The van der Waals surface area contributed by atoms with Gasteiger partial charge in [-0.15, -0.1) is 0 Å². The van der Waals surface area contributed by atoms with Crippen LogP contribution in [-0.2, 0) is 19.5 Å². The number of fused-ring (bicyclic) bond motifs is 3. The van der Waals surface area contributed by atoms with Crippen LogP contribution in [0.3, 0.4) is 0 Å².